The summed E-state index contributed by atoms with van der Waals surface area (Å²) >= 11 is 0. The molecule has 0 saturated heterocycles. The molecule has 0 fully saturated rings. The molecule has 0 aliphatic heterocycles. The number of aliphatic hydroxyl groups excluding tert-OH is 1. The Balaban J connectivity index is 1.61. The van der Waals surface area contributed by atoms with E-state index in [4.69, 9.17) is 9.63 Å². The normalized spacial score (nSPS) is 10.9. The van der Waals surface area contributed by atoms with Gasteiger partial charge in [-0.1, -0.05) is 23.4 Å². The van der Waals surface area contributed by atoms with E-state index >= 15 is 0 Å². The molecule has 21 heavy (non-hydrogen) atoms. The molecule has 2 heterocycles. The highest BCUT2D eigenvalue weighted by atomic mass is 16.5. The third kappa shape index (κ3) is 2.75. The summed E-state index contributed by atoms with van der Waals surface area (Å²) in [6.45, 7) is 0.0586. The molecule has 108 valence electrons. The van der Waals surface area contributed by atoms with E-state index in [9.17, 15) is 4.79 Å². The fourth-order valence-electron chi connectivity index (χ4n) is 1.96. The molecule has 0 aliphatic carbocycles. The van der Waals surface area contributed by atoms with E-state index in [1.807, 2.05) is 24.3 Å². The van der Waals surface area contributed by atoms with Crippen LogP contribution in [0.1, 0.15) is 22.2 Å². The smallest absolute Gasteiger partial charge is 0.272 e. The van der Waals surface area contributed by atoms with Gasteiger partial charge in [0.2, 0.25) is 0 Å². The second-order valence-corrected chi connectivity index (χ2v) is 4.39. The van der Waals surface area contributed by atoms with Gasteiger partial charge < -0.3 is 14.9 Å². The number of benzene rings is 1. The molecular weight excluding hydrogens is 274 g/mol. The van der Waals surface area contributed by atoms with Crippen LogP contribution in [-0.4, -0.2) is 37.9 Å². The number of aromatic nitrogens is 4. The van der Waals surface area contributed by atoms with Gasteiger partial charge in [-0.15, -0.1) is 0 Å². The number of nitrogens with zero attached hydrogens (tertiary/aromatic N) is 3. The van der Waals surface area contributed by atoms with Crippen molar-refractivity contribution in [2.75, 3.05) is 6.54 Å². The summed E-state index contributed by atoms with van der Waals surface area (Å²) in [6, 6.07) is 7.41. The third-order valence-electron chi connectivity index (χ3n) is 2.96. The van der Waals surface area contributed by atoms with Gasteiger partial charge in [-0.25, -0.2) is 0 Å². The number of hydrogen-bond acceptors (Lipinski definition) is 6. The van der Waals surface area contributed by atoms with Crippen molar-refractivity contribution in [3.8, 4) is 0 Å². The van der Waals surface area contributed by atoms with Gasteiger partial charge >= 0.3 is 0 Å². The van der Waals surface area contributed by atoms with Crippen molar-refractivity contribution in [1.82, 2.24) is 25.7 Å². The van der Waals surface area contributed by atoms with Crippen LogP contribution >= 0.6 is 0 Å². The summed E-state index contributed by atoms with van der Waals surface area (Å²) < 4.78 is 4.76. The number of para-hydroxylation sites is 1. The Labute approximate surface area is 119 Å². The molecule has 3 aromatic rings. The Hall–Kier alpha value is -2.74. The zero-order valence-electron chi connectivity index (χ0n) is 11.0. The Kier molecular flexibility index (Phi) is 3.61. The lowest BCUT2D eigenvalue weighted by molar-refractivity contribution is 0.0950. The molecule has 0 spiro atoms. The molecule has 0 unspecified atom stereocenters. The number of aliphatic hydroxyl groups is 1. The molecule has 0 radical (unpaired) electrons. The number of hydrogen-bond donors (Lipinski definition) is 3. The predicted molar refractivity (Wildman–Crippen MR) is 72.4 cm³/mol. The first kappa shape index (κ1) is 13.3. The summed E-state index contributed by atoms with van der Waals surface area (Å²) in [5.74, 6) is 0.333. The lowest BCUT2D eigenvalue weighted by Gasteiger charge is -2.00. The first-order valence-corrected chi connectivity index (χ1v) is 6.41. The lowest BCUT2D eigenvalue weighted by Crippen LogP contribution is -2.26. The average molecular weight is 287 g/mol. The summed E-state index contributed by atoms with van der Waals surface area (Å²) in [5.41, 5.74) is 1.17. The van der Waals surface area contributed by atoms with Crippen LogP contribution in [0, 0.1) is 0 Å². The van der Waals surface area contributed by atoms with Crippen LogP contribution in [0.2, 0.25) is 0 Å². The van der Waals surface area contributed by atoms with Crippen molar-refractivity contribution in [3.05, 3.63) is 41.7 Å². The molecule has 8 nitrogen and oxygen atoms in total. The van der Waals surface area contributed by atoms with Gasteiger partial charge in [0.25, 0.3) is 11.8 Å². The monoisotopic (exact) mass is 287 g/mol. The Bertz CT molecular complexity index is 764. The van der Waals surface area contributed by atoms with Crippen molar-refractivity contribution in [1.29, 1.82) is 0 Å². The topological polar surface area (TPSA) is 117 Å². The Morgan fingerprint density at radius 1 is 1.38 bits per heavy atom. The minimum atomic E-state index is -0.293. The lowest BCUT2D eigenvalue weighted by atomic mass is 10.2. The van der Waals surface area contributed by atoms with Crippen molar-refractivity contribution in [3.63, 3.8) is 0 Å². The van der Waals surface area contributed by atoms with E-state index in [2.05, 4.69) is 25.7 Å². The minimum absolute atomic E-state index is 0.162. The molecule has 1 aromatic carbocycles. The molecule has 3 rings (SSSR count). The van der Waals surface area contributed by atoms with Gasteiger partial charge in [0.15, 0.2) is 11.5 Å². The number of carbonyl (C=O) groups excluding carboxylic acids is 1. The van der Waals surface area contributed by atoms with E-state index in [1.165, 1.54) is 0 Å². The molecule has 3 N–H and O–H groups in total. The highest BCUT2D eigenvalue weighted by Crippen LogP contribution is 2.14. The van der Waals surface area contributed by atoms with Gasteiger partial charge in [0.05, 0.1) is 5.52 Å². The van der Waals surface area contributed by atoms with E-state index in [1.54, 1.807) is 0 Å². The quantitative estimate of drug-likeness (QED) is 0.625. The molecular formula is C13H13N5O3. The molecule has 0 bridgehead atoms. The third-order valence-corrected chi connectivity index (χ3v) is 2.96. The van der Waals surface area contributed by atoms with E-state index in [0.717, 1.165) is 10.9 Å². The fraction of sp³-hybridized carbons (Fsp3) is 0.231. The summed E-state index contributed by atoms with van der Waals surface area (Å²) in [4.78, 5) is 16.0. The average Bonchev–Trinajstić information content (AvgIpc) is 3.13. The highest BCUT2D eigenvalue weighted by molar-refractivity contribution is 6.04. The molecule has 8 heteroatoms. The van der Waals surface area contributed by atoms with Crippen LogP contribution in [0.3, 0.4) is 0 Å². The SMILES string of the molecule is O=C(NCCc1noc(CO)n1)c1n[nH]c2ccccc12. The summed E-state index contributed by atoms with van der Waals surface area (Å²) in [6.07, 6.45) is 0.414. The first-order valence-electron chi connectivity index (χ1n) is 6.41. The molecule has 2 aromatic heterocycles. The van der Waals surface area contributed by atoms with Gasteiger partial charge in [-0.2, -0.15) is 10.1 Å². The van der Waals surface area contributed by atoms with Gasteiger partial charge in [0.1, 0.15) is 6.61 Å². The van der Waals surface area contributed by atoms with Gasteiger partial charge in [-0.3, -0.25) is 9.89 Å². The highest BCUT2D eigenvalue weighted by Gasteiger charge is 2.13. The van der Waals surface area contributed by atoms with Crippen molar-refractivity contribution >= 4 is 16.8 Å². The summed E-state index contributed by atoms with van der Waals surface area (Å²) in [7, 11) is 0. The second-order valence-electron chi connectivity index (χ2n) is 4.39. The molecule has 0 saturated carbocycles. The van der Waals surface area contributed by atoms with E-state index in [0.29, 0.717) is 24.5 Å². The number of carbonyl (C=O) groups is 1. The largest absolute Gasteiger partial charge is 0.387 e. The fourth-order valence-corrected chi connectivity index (χ4v) is 1.96. The standard InChI is InChI=1S/C13H13N5O3/c19-7-11-15-10(18-21-11)5-6-14-13(20)12-8-3-1-2-4-9(8)16-17-12/h1-4,19H,5-7H2,(H,14,20)(H,16,17). The number of aromatic amines is 1. The van der Waals surface area contributed by atoms with Crippen molar-refractivity contribution in [2.24, 2.45) is 0 Å². The maximum atomic E-state index is 12.1. The van der Waals surface area contributed by atoms with Crippen LogP contribution in [0.25, 0.3) is 10.9 Å². The van der Waals surface area contributed by atoms with E-state index in [-0.39, 0.29) is 18.4 Å². The van der Waals surface area contributed by atoms with E-state index < -0.39 is 0 Å². The maximum absolute atomic E-state index is 12.1. The zero-order chi connectivity index (χ0) is 14.7. The molecule has 0 atom stereocenters. The van der Waals surface area contributed by atoms with Crippen molar-refractivity contribution in [2.45, 2.75) is 13.0 Å². The van der Waals surface area contributed by atoms with Crippen molar-refractivity contribution < 1.29 is 14.4 Å². The Morgan fingerprint density at radius 2 is 2.24 bits per heavy atom. The summed E-state index contributed by atoms with van der Waals surface area (Å²) in [5, 5.41) is 22.8. The minimum Gasteiger partial charge on any atom is -0.387 e. The van der Waals surface area contributed by atoms with Crippen LogP contribution < -0.4 is 5.32 Å². The first-order chi connectivity index (χ1) is 10.3. The van der Waals surface area contributed by atoms with Crippen LogP contribution in [-0.2, 0) is 13.0 Å². The zero-order valence-corrected chi connectivity index (χ0v) is 11.0. The van der Waals surface area contributed by atoms with Gasteiger partial charge in [0, 0.05) is 18.4 Å². The molecule has 1 amide bonds. The van der Waals surface area contributed by atoms with Crippen LogP contribution in [0.15, 0.2) is 28.8 Å². The number of rotatable bonds is 5. The van der Waals surface area contributed by atoms with Crippen LogP contribution in [0.5, 0.6) is 0 Å². The molecule has 0 aliphatic rings. The second kappa shape index (κ2) is 5.71. The number of H-pyrrole nitrogens is 1. The predicted octanol–water partition coefficient (Wildman–Crippen LogP) is 0.411. The van der Waals surface area contributed by atoms with Crippen LogP contribution in [0.4, 0.5) is 0 Å². The number of nitrogens with one attached hydrogen (secondary N) is 2. The maximum Gasteiger partial charge on any atom is 0.272 e. The number of fused-ring (bicyclic) bond motifs is 1. The van der Waals surface area contributed by atoms with Gasteiger partial charge in [-0.05, 0) is 6.07 Å². The Morgan fingerprint density at radius 3 is 3.05 bits per heavy atom. The number of amides is 1.